The molecule has 0 unspecified atom stereocenters. The van der Waals surface area contributed by atoms with Gasteiger partial charge in [0, 0.05) is 43.2 Å². The summed E-state index contributed by atoms with van der Waals surface area (Å²) in [5.74, 6) is -2.68. The van der Waals surface area contributed by atoms with Crippen LogP contribution in [0.3, 0.4) is 0 Å². The average molecular weight is 686 g/mol. The molecule has 0 atom stereocenters. The number of hydrogen-bond donors (Lipinski definition) is 0. The lowest BCUT2D eigenvalue weighted by Gasteiger charge is -2.62. The first-order valence-corrected chi connectivity index (χ1v) is 16.6. The molecule has 3 saturated carbocycles. The number of amides is 2. The van der Waals surface area contributed by atoms with Crippen LogP contribution >= 0.6 is 0 Å². The van der Waals surface area contributed by atoms with Crippen LogP contribution in [0.2, 0.25) is 0 Å². The molecule has 0 bridgehead atoms. The van der Waals surface area contributed by atoms with Crippen molar-refractivity contribution < 1.29 is 36.3 Å². The lowest BCUT2D eigenvalue weighted by Crippen LogP contribution is -2.61. The van der Waals surface area contributed by atoms with Crippen LogP contribution in [0.25, 0.3) is 0 Å². The zero-order chi connectivity index (χ0) is 35.4. The van der Waals surface area contributed by atoms with Crippen LogP contribution in [-0.2, 0) is 36.5 Å². The first-order chi connectivity index (χ1) is 22.7. The summed E-state index contributed by atoms with van der Waals surface area (Å²) < 4.78 is 79.3. The van der Waals surface area contributed by atoms with Crippen LogP contribution in [0.15, 0.2) is 42.7 Å². The number of carbonyl (C=O) groups is 2. The monoisotopic (exact) mass is 685 g/mol. The molecule has 262 valence electrons. The molecule has 2 amide bonds. The van der Waals surface area contributed by atoms with Crippen LogP contribution in [0.1, 0.15) is 111 Å². The average Bonchev–Trinajstić information content (AvgIpc) is 3.52. The van der Waals surface area contributed by atoms with Crippen molar-refractivity contribution in [2.24, 2.45) is 12.5 Å². The fourth-order valence-electron chi connectivity index (χ4n) is 8.66. The van der Waals surface area contributed by atoms with E-state index >= 15 is 0 Å². The van der Waals surface area contributed by atoms with Gasteiger partial charge in [-0.15, -0.1) is 10.2 Å². The minimum absolute atomic E-state index is 0.0690. The van der Waals surface area contributed by atoms with Crippen molar-refractivity contribution >= 4 is 17.7 Å². The highest BCUT2D eigenvalue weighted by molar-refractivity contribution is 6.10. The maximum absolute atomic E-state index is 14.6. The molecule has 3 aromatic rings. The highest BCUT2D eigenvalue weighted by Gasteiger charge is 2.68. The lowest BCUT2D eigenvalue weighted by atomic mass is 9.42. The molecule has 2 aromatic carbocycles. The molecule has 4 aliphatic rings. The highest BCUT2D eigenvalue weighted by atomic mass is 19.4. The van der Waals surface area contributed by atoms with E-state index in [-0.39, 0.29) is 42.6 Å². The van der Waals surface area contributed by atoms with Crippen LogP contribution in [-0.4, -0.2) is 48.7 Å². The quantitative estimate of drug-likeness (QED) is 0.245. The Kier molecular flexibility index (Phi) is 7.33. The molecule has 49 heavy (non-hydrogen) atoms. The SMILES string of the molecule is Cn1cnnc1C1(c2cccc(N3Cc4c(cc(CN(C(=O)OC(C)(C)C)C5(C)CCC5)cc4C(F)(F)F)C3=O)c2)CC2(CC(F)(F)C2)C1. The van der Waals surface area contributed by atoms with Crippen LogP contribution in [0.5, 0.6) is 0 Å². The van der Waals surface area contributed by atoms with Crippen molar-refractivity contribution in [1.29, 1.82) is 0 Å². The van der Waals surface area contributed by atoms with E-state index in [0.29, 0.717) is 37.2 Å². The normalized spacial score (nSPS) is 21.4. The van der Waals surface area contributed by atoms with Crippen molar-refractivity contribution in [3.05, 3.63) is 76.4 Å². The highest BCUT2D eigenvalue weighted by Crippen LogP contribution is 2.70. The van der Waals surface area contributed by atoms with Crippen LogP contribution < -0.4 is 4.90 Å². The minimum Gasteiger partial charge on any atom is -0.444 e. The fourth-order valence-corrected chi connectivity index (χ4v) is 8.66. The Bertz CT molecular complexity index is 1820. The Morgan fingerprint density at radius 1 is 1.04 bits per heavy atom. The molecule has 8 nitrogen and oxygen atoms in total. The maximum atomic E-state index is 14.6. The second-order valence-corrected chi connectivity index (χ2v) is 15.9. The van der Waals surface area contributed by atoms with Crippen LogP contribution in [0, 0.1) is 5.41 Å². The third kappa shape index (κ3) is 5.66. The summed E-state index contributed by atoms with van der Waals surface area (Å²) in [5, 5.41) is 8.36. The Morgan fingerprint density at radius 2 is 1.73 bits per heavy atom. The van der Waals surface area contributed by atoms with Gasteiger partial charge in [0.25, 0.3) is 5.91 Å². The van der Waals surface area contributed by atoms with Gasteiger partial charge in [-0.25, -0.2) is 13.6 Å². The molecule has 1 aromatic heterocycles. The number of halogens is 5. The Labute approximate surface area is 281 Å². The second-order valence-electron chi connectivity index (χ2n) is 15.9. The molecular formula is C36H40F5N5O3. The molecule has 3 aliphatic carbocycles. The van der Waals surface area contributed by atoms with Gasteiger partial charge in [0.2, 0.25) is 5.92 Å². The van der Waals surface area contributed by atoms with Crippen molar-refractivity contribution in [2.75, 3.05) is 4.90 Å². The third-order valence-corrected chi connectivity index (χ3v) is 10.9. The molecule has 0 N–H and O–H groups in total. The van der Waals surface area contributed by atoms with Gasteiger partial charge in [0.15, 0.2) is 0 Å². The minimum atomic E-state index is -4.75. The summed E-state index contributed by atoms with van der Waals surface area (Å²) in [6, 6.07) is 9.51. The van der Waals surface area contributed by atoms with Gasteiger partial charge in [-0.2, -0.15) is 13.2 Å². The van der Waals surface area contributed by atoms with Crippen LogP contribution in [0.4, 0.5) is 32.4 Å². The molecule has 13 heteroatoms. The number of nitrogens with zero attached hydrogens (tertiary/aromatic N) is 5. The van der Waals surface area contributed by atoms with Gasteiger partial charge < -0.3 is 14.2 Å². The number of fused-ring (bicyclic) bond motifs is 1. The maximum Gasteiger partial charge on any atom is 0.416 e. The Hall–Kier alpha value is -4.03. The zero-order valence-electron chi connectivity index (χ0n) is 28.3. The number of ether oxygens (including phenoxy) is 1. The molecule has 1 aliphatic heterocycles. The van der Waals surface area contributed by atoms with E-state index in [4.69, 9.17) is 4.74 Å². The third-order valence-electron chi connectivity index (χ3n) is 10.9. The first-order valence-electron chi connectivity index (χ1n) is 16.6. The fraction of sp³-hybridized carbons (Fsp3) is 0.556. The molecule has 7 rings (SSSR count). The van der Waals surface area contributed by atoms with E-state index in [1.807, 2.05) is 13.0 Å². The lowest BCUT2D eigenvalue weighted by molar-refractivity contribution is -0.209. The summed E-state index contributed by atoms with van der Waals surface area (Å²) in [6.07, 6.45) is -1.12. The number of anilines is 1. The van der Waals surface area contributed by atoms with E-state index in [1.165, 1.54) is 15.9 Å². The van der Waals surface area contributed by atoms with Gasteiger partial charge in [-0.3, -0.25) is 9.69 Å². The van der Waals surface area contributed by atoms with Gasteiger partial charge in [-0.05, 0) is 106 Å². The van der Waals surface area contributed by atoms with E-state index in [2.05, 4.69) is 10.2 Å². The standard InChI is InChI=1S/C36H40F5N5O3/c1-31(2,3)49-30(48)46(32(4)10-7-11-32)15-22-12-25-26(27(13-22)36(39,40)41)16-45(28(25)47)24-9-6-8-23(14-24)34(29-43-42-21-44(29)5)17-33(18-34)19-35(37,38)20-33/h6,8-9,12-14,21H,7,10-11,15-20H2,1-5H3. The number of alkyl halides is 5. The van der Waals surface area contributed by atoms with E-state index in [1.54, 1.807) is 56.9 Å². The molecule has 1 spiro atoms. The molecule has 2 heterocycles. The Balaban J connectivity index is 1.22. The number of rotatable bonds is 6. The van der Waals surface area contributed by atoms with Gasteiger partial charge in [0.1, 0.15) is 17.8 Å². The zero-order valence-corrected chi connectivity index (χ0v) is 28.3. The van der Waals surface area contributed by atoms with Crippen molar-refractivity contribution in [3.63, 3.8) is 0 Å². The topological polar surface area (TPSA) is 80.6 Å². The largest absolute Gasteiger partial charge is 0.444 e. The predicted molar refractivity (Wildman–Crippen MR) is 170 cm³/mol. The molecule has 3 fully saturated rings. The summed E-state index contributed by atoms with van der Waals surface area (Å²) >= 11 is 0. The number of aromatic nitrogens is 3. The first kappa shape index (κ1) is 33.5. The summed E-state index contributed by atoms with van der Waals surface area (Å²) in [6.45, 7) is 6.64. The molecule has 0 saturated heterocycles. The Morgan fingerprint density at radius 3 is 2.29 bits per heavy atom. The second kappa shape index (κ2) is 10.7. The summed E-state index contributed by atoms with van der Waals surface area (Å²) in [4.78, 5) is 30.1. The van der Waals surface area contributed by atoms with Crippen molar-refractivity contribution in [1.82, 2.24) is 19.7 Å². The van der Waals surface area contributed by atoms with E-state index in [0.717, 1.165) is 18.1 Å². The number of aryl methyl sites for hydroxylation is 1. The van der Waals surface area contributed by atoms with E-state index < -0.39 is 51.6 Å². The number of benzene rings is 2. The predicted octanol–water partition coefficient (Wildman–Crippen LogP) is 8.17. The summed E-state index contributed by atoms with van der Waals surface area (Å²) in [5.41, 5.74) is -2.43. The van der Waals surface area contributed by atoms with Crippen molar-refractivity contribution in [2.45, 2.75) is 114 Å². The van der Waals surface area contributed by atoms with Crippen molar-refractivity contribution in [3.8, 4) is 0 Å². The van der Waals surface area contributed by atoms with Gasteiger partial charge >= 0.3 is 12.3 Å². The number of carbonyl (C=O) groups excluding carboxylic acids is 2. The number of hydrogen-bond acceptors (Lipinski definition) is 5. The summed E-state index contributed by atoms with van der Waals surface area (Å²) in [7, 11) is 1.79. The smallest absolute Gasteiger partial charge is 0.416 e. The van der Waals surface area contributed by atoms with Gasteiger partial charge in [0.05, 0.1) is 17.5 Å². The molecular weight excluding hydrogens is 645 g/mol. The molecule has 0 radical (unpaired) electrons. The van der Waals surface area contributed by atoms with Gasteiger partial charge in [-0.1, -0.05) is 12.1 Å². The van der Waals surface area contributed by atoms with E-state index in [9.17, 15) is 31.5 Å².